The van der Waals surface area contributed by atoms with Gasteiger partial charge in [-0.05, 0) is 43.3 Å². The minimum atomic E-state index is -0.389. The summed E-state index contributed by atoms with van der Waals surface area (Å²) in [5.74, 6) is 1.53. The lowest BCUT2D eigenvalue weighted by Gasteiger charge is -2.18. The molecule has 0 spiro atoms. The van der Waals surface area contributed by atoms with E-state index >= 15 is 0 Å². The van der Waals surface area contributed by atoms with Crippen LogP contribution in [0.5, 0.6) is 0 Å². The molecule has 4 heterocycles. The molecule has 26 heavy (non-hydrogen) atoms. The van der Waals surface area contributed by atoms with Gasteiger partial charge in [0.2, 0.25) is 5.89 Å². The fraction of sp³-hybridized carbons (Fsp3) is 0.316. The first-order valence-electron chi connectivity index (χ1n) is 8.59. The molecule has 3 aromatic rings. The van der Waals surface area contributed by atoms with Crippen LogP contribution in [0.25, 0.3) is 10.8 Å². The van der Waals surface area contributed by atoms with Crippen molar-refractivity contribution in [1.29, 1.82) is 0 Å². The summed E-state index contributed by atoms with van der Waals surface area (Å²) in [5.41, 5.74) is 1.13. The second kappa shape index (κ2) is 7.29. The summed E-state index contributed by atoms with van der Waals surface area (Å²) in [5, 5.41) is 1.97. The Balaban J connectivity index is 1.48. The monoisotopic (exact) mass is 369 g/mol. The van der Waals surface area contributed by atoms with Crippen LogP contribution in [0.15, 0.2) is 40.3 Å². The van der Waals surface area contributed by atoms with Crippen LogP contribution in [0.1, 0.15) is 34.7 Å². The highest BCUT2D eigenvalue weighted by atomic mass is 32.1. The van der Waals surface area contributed by atoms with E-state index in [1.165, 1.54) is 0 Å². The average Bonchev–Trinajstić information content (AvgIpc) is 3.41. The summed E-state index contributed by atoms with van der Waals surface area (Å²) in [4.78, 5) is 24.5. The Morgan fingerprint density at radius 1 is 1.31 bits per heavy atom. The number of carbonyl (C=O) groups excluding carboxylic acids is 1. The molecule has 0 unspecified atom stereocenters. The zero-order valence-electron chi connectivity index (χ0n) is 14.5. The van der Waals surface area contributed by atoms with E-state index in [1.54, 1.807) is 29.7 Å². The molecular weight excluding hydrogens is 350 g/mol. The quantitative estimate of drug-likeness (QED) is 0.632. The summed E-state index contributed by atoms with van der Waals surface area (Å²) < 4.78 is 11.2. The number of nitrogens with zero attached hydrogens (tertiary/aromatic N) is 3. The smallest absolute Gasteiger partial charge is 0.342 e. The van der Waals surface area contributed by atoms with Crippen LogP contribution in [-0.4, -0.2) is 29.0 Å². The largest absolute Gasteiger partial charge is 0.455 e. The second-order valence-corrected chi connectivity index (χ2v) is 7.09. The van der Waals surface area contributed by atoms with Gasteiger partial charge < -0.3 is 14.1 Å². The molecule has 7 heteroatoms. The van der Waals surface area contributed by atoms with Crippen molar-refractivity contribution in [2.24, 2.45) is 0 Å². The van der Waals surface area contributed by atoms with E-state index in [0.717, 1.165) is 30.8 Å². The zero-order valence-corrected chi connectivity index (χ0v) is 15.3. The first kappa shape index (κ1) is 16.8. The molecule has 1 aliphatic heterocycles. The van der Waals surface area contributed by atoms with Gasteiger partial charge in [-0.15, -0.1) is 11.3 Å². The fourth-order valence-electron chi connectivity index (χ4n) is 3.02. The first-order valence-corrected chi connectivity index (χ1v) is 9.47. The van der Waals surface area contributed by atoms with Crippen molar-refractivity contribution in [2.45, 2.75) is 26.4 Å². The van der Waals surface area contributed by atoms with Gasteiger partial charge in [-0.3, -0.25) is 0 Å². The lowest BCUT2D eigenvalue weighted by Crippen LogP contribution is -2.22. The number of ether oxygens (including phenoxy) is 1. The number of rotatable bonds is 5. The maximum atomic E-state index is 12.6. The molecule has 6 nitrogen and oxygen atoms in total. The van der Waals surface area contributed by atoms with Crippen LogP contribution in [0.3, 0.4) is 0 Å². The number of oxazole rings is 1. The van der Waals surface area contributed by atoms with Crippen LogP contribution in [0.2, 0.25) is 0 Å². The molecule has 0 saturated carbocycles. The number of carbonyl (C=O) groups is 1. The third kappa shape index (κ3) is 3.35. The van der Waals surface area contributed by atoms with E-state index in [0.29, 0.717) is 28.7 Å². The Hall–Kier alpha value is -2.67. The predicted molar refractivity (Wildman–Crippen MR) is 99.4 cm³/mol. The van der Waals surface area contributed by atoms with Crippen molar-refractivity contribution < 1.29 is 13.9 Å². The predicted octanol–water partition coefficient (Wildman–Crippen LogP) is 4.06. The normalized spacial score (nSPS) is 14.0. The molecule has 0 bridgehead atoms. The molecule has 0 radical (unpaired) electrons. The van der Waals surface area contributed by atoms with Crippen molar-refractivity contribution in [3.8, 4) is 10.8 Å². The average molecular weight is 369 g/mol. The SMILES string of the molecule is Cc1oc(-c2cccs2)nc1COC(=O)c1cccnc1N1CCCC1. The number of hydrogen-bond acceptors (Lipinski definition) is 7. The van der Waals surface area contributed by atoms with Gasteiger partial charge in [0, 0.05) is 19.3 Å². The third-order valence-corrected chi connectivity index (χ3v) is 5.23. The number of hydrogen-bond donors (Lipinski definition) is 0. The van der Waals surface area contributed by atoms with Gasteiger partial charge >= 0.3 is 5.97 Å². The molecule has 0 atom stereocenters. The van der Waals surface area contributed by atoms with E-state index in [-0.39, 0.29) is 12.6 Å². The van der Waals surface area contributed by atoms with Crippen molar-refractivity contribution in [3.63, 3.8) is 0 Å². The molecule has 0 amide bonds. The zero-order chi connectivity index (χ0) is 17.9. The van der Waals surface area contributed by atoms with Gasteiger partial charge in [0.15, 0.2) is 0 Å². The molecule has 1 saturated heterocycles. The number of thiophene rings is 1. The molecule has 134 valence electrons. The third-order valence-electron chi connectivity index (χ3n) is 4.38. The molecule has 0 aliphatic carbocycles. The minimum Gasteiger partial charge on any atom is -0.455 e. The number of anilines is 1. The molecule has 1 aliphatic rings. The van der Waals surface area contributed by atoms with Gasteiger partial charge in [0.25, 0.3) is 0 Å². The Morgan fingerprint density at radius 3 is 2.92 bits per heavy atom. The van der Waals surface area contributed by atoms with Crippen LogP contribution >= 0.6 is 11.3 Å². The van der Waals surface area contributed by atoms with Gasteiger partial charge in [0.05, 0.1) is 4.88 Å². The number of aryl methyl sites for hydroxylation is 1. The topological polar surface area (TPSA) is 68.5 Å². The molecule has 3 aromatic heterocycles. The summed E-state index contributed by atoms with van der Waals surface area (Å²) in [7, 11) is 0. The maximum absolute atomic E-state index is 12.6. The van der Waals surface area contributed by atoms with Crippen molar-refractivity contribution in [3.05, 3.63) is 52.9 Å². The Labute approximate surface area is 155 Å². The molecule has 1 fully saturated rings. The Kier molecular flexibility index (Phi) is 4.71. The Morgan fingerprint density at radius 2 is 2.15 bits per heavy atom. The van der Waals surface area contributed by atoms with Crippen molar-refractivity contribution in [1.82, 2.24) is 9.97 Å². The second-order valence-electron chi connectivity index (χ2n) is 6.14. The van der Waals surface area contributed by atoms with E-state index in [2.05, 4.69) is 14.9 Å². The van der Waals surface area contributed by atoms with Crippen LogP contribution in [-0.2, 0) is 11.3 Å². The van der Waals surface area contributed by atoms with E-state index in [4.69, 9.17) is 9.15 Å². The standard InChI is InChI=1S/C19H19N3O3S/c1-13-15(21-18(25-13)16-7-5-11-26-16)12-24-19(23)14-6-4-8-20-17(14)22-9-2-3-10-22/h4-8,11H,2-3,9-10,12H2,1H3. The number of aromatic nitrogens is 2. The molecular formula is C19H19N3O3S. The summed E-state index contributed by atoms with van der Waals surface area (Å²) in [6.45, 7) is 3.74. The van der Waals surface area contributed by atoms with E-state index < -0.39 is 0 Å². The van der Waals surface area contributed by atoms with Gasteiger partial charge in [-0.1, -0.05) is 6.07 Å². The lowest BCUT2D eigenvalue weighted by atomic mass is 10.2. The van der Waals surface area contributed by atoms with Crippen LogP contribution in [0.4, 0.5) is 5.82 Å². The van der Waals surface area contributed by atoms with E-state index in [1.807, 2.05) is 24.4 Å². The highest BCUT2D eigenvalue weighted by Gasteiger charge is 2.22. The summed E-state index contributed by atoms with van der Waals surface area (Å²) >= 11 is 1.56. The lowest BCUT2D eigenvalue weighted by molar-refractivity contribution is 0.0467. The highest BCUT2D eigenvalue weighted by Crippen LogP contribution is 2.27. The fourth-order valence-corrected chi connectivity index (χ4v) is 3.67. The summed E-state index contributed by atoms with van der Waals surface area (Å²) in [6, 6.07) is 7.41. The molecule has 0 N–H and O–H groups in total. The minimum absolute atomic E-state index is 0.0773. The number of pyridine rings is 1. The Bertz CT molecular complexity index is 899. The van der Waals surface area contributed by atoms with Crippen molar-refractivity contribution >= 4 is 23.1 Å². The van der Waals surface area contributed by atoms with Gasteiger partial charge in [-0.2, -0.15) is 0 Å². The van der Waals surface area contributed by atoms with Gasteiger partial charge in [0.1, 0.15) is 29.4 Å². The van der Waals surface area contributed by atoms with Crippen LogP contribution in [0, 0.1) is 6.92 Å². The molecule has 0 aromatic carbocycles. The highest BCUT2D eigenvalue weighted by molar-refractivity contribution is 7.13. The van der Waals surface area contributed by atoms with Crippen molar-refractivity contribution in [2.75, 3.05) is 18.0 Å². The van der Waals surface area contributed by atoms with Crippen LogP contribution < -0.4 is 4.90 Å². The van der Waals surface area contributed by atoms with E-state index in [9.17, 15) is 4.79 Å². The molecule has 4 rings (SSSR count). The maximum Gasteiger partial charge on any atom is 0.342 e. The van der Waals surface area contributed by atoms with Gasteiger partial charge in [-0.25, -0.2) is 14.8 Å². The first-order chi connectivity index (χ1) is 12.7. The summed E-state index contributed by atoms with van der Waals surface area (Å²) in [6.07, 6.45) is 3.95. The number of esters is 1.